The standard InChI is InChI=1S/C8H14N2O4/c1-13-7(11)5-10-8(12)6-4-9-2-3-14-6/h6,9H,2-5H2,1H3,(H,10,12). The van der Waals surface area contributed by atoms with E-state index in [1.165, 1.54) is 7.11 Å². The highest BCUT2D eigenvalue weighted by atomic mass is 16.5. The first-order chi connectivity index (χ1) is 6.74. The zero-order chi connectivity index (χ0) is 10.4. The molecule has 14 heavy (non-hydrogen) atoms. The average Bonchev–Trinajstić information content (AvgIpc) is 2.26. The van der Waals surface area contributed by atoms with Crippen molar-refractivity contribution in [1.82, 2.24) is 10.6 Å². The first kappa shape index (κ1) is 10.9. The monoisotopic (exact) mass is 202 g/mol. The Kier molecular flexibility index (Phi) is 4.34. The number of hydrogen-bond donors (Lipinski definition) is 2. The van der Waals surface area contributed by atoms with Gasteiger partial charge in [-0.05, 0) is 0 Å². The Hall–Kier alpha value is -1.14. The van der Waals surface area contributed by atoms with Gasteiger partial charge in [-0.3, -0.25) is 9.59 Å². The van der Waals surface area contributed by atoms with Crippen LogP contribution >= 0.6 is 0 Å². The minimum absolute atomic E-state index is 0.116. The van der Waals surface area contributed by atoms with Crippen LogP contribution in [-0.4, -0.2) is 51.3 Å². The molecule has 1 heterocycles. The number of amides is 1. The molecule has 0 bridgehead atoms. The largest absolute Gasteiger partial charge is 0.468 e. The smallest absolute Gasteiger partial charge is 0.325 e. The van der Waals surface area contributed by atoms with Crippen LogP contribution in [0.2, 0.25) is 0 Å². The van der Waals surface area contributed by atoms with Crippen molar-refractivity contribution in [3.05, 3.63) is 0 Å². The molecule has 1 atom stereocenters. The van der Waals surface area contributed by atoms with Gasteiger partial charge in [-0.15, -0.1) is 0 Å². The van der Waals surface area contributed by atoms with Gasteiger partial charge in [0.25, 0.3) is 5.91 Å². The number of carbonyl (C=O) groups is 2. The summed E-state index contributed by atoms with van der Waals surface area (Å²) >= 11 is 0. The number of methoxy groups -OCH3 is 1. The van der Waals surface area contributed by atoms with E-state index < -0.39 is 12.1 Å². The number of hydrogen-bond acceptors (Lipinski definition) is 5. The molecule has 2 N–H and O–H groups in total. The van der Waals surface area contributed by atoms with Crippen molar-refractivity contribution in [3.63, 3.8) is 0 Å². The summed E-state index contributed by atoms with van der Waals surface area (Å²) in [6, 6.07) is 0. The maximum atomic E-state index is 11.3. The summed E-state index contributed by atoms with van der Waals surface area (Å²) in [5, 5.41) is 5.44. The zero-order valence-corrected chi connectivity index (χ0v) is 8.04. The summed E-state index contributed by atoms with van der Waals surface area (Å²) in [6.45, 7) is 1.62. The second-order valence-electron chi connectivity index (χ2n) is 2.86. The number of morpholine rings is 1. The minimum Gasteiger partial charge on any atom is -0.468 e. The van der Waals surface area contributed by atoms with Gasteiger partial charge < -0.3 is 20.1 Å². The van der Waals surface area contributed by atoms with Gasteiger partial charge in [0.1, 0.15) is 12.6 Å². The number of carbonyl (C=O) groups excluding carboxylic acids is 2. The number of nitrogens with one attached hydrogen (secondary N) is 2. The van der Waals surface area contributed by atoms with Gasteiger partial charge in [0.2, 0.25) is 0 Å². The predicted molar refractivity (Wildman–Crippen MR) is 47.6 cm³/mol. The molecule has 0 aromatic heterocycles. The lowest BCUT2D eigenvalue weighted by Crippen LogP contribution is -2.48. The SMILES string of the molecule is COC(=O)CNC(=O)C1CNCCO1. The average molecular weight is 202 g/mol. The maximum absolute atomic E-state index is 11.3. The normalized spacial score (nSPS) is 21.4. The van der Waals surface area contributed by atoms with Crippen LogP contribution in [0.15, 0.2) is 0 Å². The molecule has 0 aromatic rings. The molecule has 1 saturated heterocycles. The quantitative estimate of drug-likeness (QED) is 0.531. The van der Waals surface area contributed by atoms with E-state index in [4.69, 9.17) is 4.74 Å². The third-order valence-electron chi connectivity index (χ3n) is 1.85. The van der Waals surface area contributed by atoms with Crippen LogP contribution in [-0.2, 0) is 19.1 Å². The third kappa shape index (κ3) is 3.31. The van der Waals surface area contributed by atoms with Crippen LogP contribution in [0.1, 0.15) is 0 Å². The molecule has 0 aromatic carbocycles. The van der Waals surface area contributed by atoms with Crippen LogP contribution in [0, 0.1) is 0 Å². The van der Waals surface area contributed by atoms with E-state index in [9.17, 15) is 9.59 Å². The Bertz CT molecular complexity index is 213. The first-order valence-electron chi connectivity index (χ1n) is 4.41. The van der Waals surface area contributed by atoms with E-state index in [0.717, 1.165) is 6.54 Å². The fourth-order valence-corrected chi connectivity index (χ4v) is 1.08. The molecule has 1 amide bonds. The lowest BCUT2D eigenvalue weighted by atomic mass is 10.3. The molecule has 6 heteroatoms. The Balaban J connectivity index is 2.23. The second-order valence-corrected chi connectivity index (χ2v) is 2.86. The summed E-state index contributed by atoms with van der Waals surface area (Å²) in [5.41, 5.74) is 0. The van der Waals surface area contributed by atoms with Crippen LogP contribution < -0.4 is 10.6 Å². The van der Waals surface area contributed by atoms with Crippen molar-refractivity contribution in [2.75, 3.05) is 33.4 Å². The van der Waals surface area contributed by atoms with E-state index in [1.807, 2.05) is 0 Å². The zero-order valence-electron chi connectivity index (χ0n) is 8.04. The first-order valence-corrected chi connectivity index (χ1v) is 4.41. The summed E-state index contributed by atoms with van der Waals surface area (Å²) in [5.74, 6) is -0.760. The van der Waals surface area contributed by atoms with Gasteiger partial charge in [0.15, 0.2) is 0 Å². The lowest BCUT2D eigenvalue weighted by Gasteiger charge is -2.22. The highest BCUT2D eigenvalue weighted by Gasteiger charge is 2.21. The highest BCUT2D eigenvalue weighted by Crippen LogP contribution is 1.95. The Labute approximate surface area is 81.9 Å². The summed E-state index contributed by atoms with van der Waals surface area (Å²) in [4.78, 5) is 22.0. The van der Waals surface area contributed by atoms with E-state index in [0.29, 0.717) is 13.2 Å². The summed E-state index contributed by atoms with van der Waals surface area (Å²) in [6.07, 6.45) is -0.506. The van der Waals surface area contributed by atoms with Crippen molar-refractivity contribution in [3.8, 4) is 0 Å². The van der Waals surface area contributed by atoms with Crippen molar-refractivity contribution >= 4 is 11.9 Å². The molecule has 0 spiro atoms. The van der Waals surface area contributed by atoms with E-state index in [1.54, 1.807) is 0 Å². The molecule has 1 rings (SSSR count). The van der Waals surface area contributed by atoms with Gasteiger partial charge in [-0.1, -0.05) is 0 Å². The van der Waals surface area contributed by atoms with Crippen LogP contribution in [0.4, 0.5) is 0 Å². The number of rotatable bonds is 3. The minimum atomic E-state index is -0.506. The highest BCUT2D eigenvalue weighted by molar-refractivity contribution is 5.85. The summed E-state index contributed by atoms with van der Waals surface area (Å²) in [7, 11) is 1.27. The van der Waals surface area contributed by atoms with Crippen molar-refractivity contribution in [1.29, 1.82) is 0 Å². The van der Waals surface area contributed by atoms with Crippen molar-refractivity contribution in [2.24, 2.45) is 0 Å². The lowest BCUT2D eigenvalue weighted by molar-refractivity contribution is -0.143. The summed E-state index contributed by atoms with van der Waals surface area (Å²) < 4.78 is 9.56. The molecular weight excluding hydrogens is 188 g/mol. The Morgan fingerprint density at radius 3 is 3.00 bits per heavy atom. The number of esters is 1. The molecule has 6 nitrogen and oxygen atoms in total. The van der Waals surface area contributed by atoms with E-state index in [2.05, 4.69) is 15.4 Å². The predicted octanol–water partition coefficient (Wildman–Crippen LogP) is -1.74. The molecule has 80 valence electrons. The fraction of sp³-hybridized carbons (Fsp3) is 0.750. The number of ether oxygens (including phenoxy) is 2. The molecule has 1 unspecified atom stereocenters. The van der Waals surface area contributed by atoms with Crippen molar-refractivity contribution in [2.45, 2.75) is 6.10 Å². The molecule has 0 aliphatic carbocycles. The van der Waals surface area contributed by atoms with Crippen LogP contribution in [0.25, 0.3) is 0 Å². The second kappa shape index (κ2) is 5.56. The Morgan fingerprint density at radius 1 is 1.64 bits per heavy atom. The van der Waals surface area contributed by atoms with Gasteiger partial charge in [0, 0.05) is 13.1 Å². The van der Waals surface area contributed by atoms with Crippen molar-refractivity contribution < 1.29 is 19.1 Å². The van der Waals surface area contributed by atoms with Gasteiger partial charge >= 0.3 is 5.97 Å². The fourth-order valence-electron chi connectivity index (χ4n) is 1.08. The molecule has 0 saturated carbocycles. The van der Waals surface area contributed by atoms with Gasteiger partial charge in [-0.2, -0.15) is 0 Å². The van der Waals surface area contributed by atoms with Gasteiger partial charge in [0.05, 0.1) is 13.7 Å². The molecule has 0 radical (unpaired) electrons. The van der Waals surface area contributed by atoms with Crippen LogP contribution in [0.3, 0.4) is 0 Å². The van der Waals surface area contributed by atoms with Crippen LogP contribution in [0.5, 0.6) is 0 Å². The van der Waals surface area contributed by atoms with Gasteiger partial charge in [-0.25, -0.2) is 0 Å². The molecule has 1 aliphatic heterocycles. The Morgan fingerprint density at radius 2 is 2.43 bits per heavy atom. The van der Waals surface area contributed by atoms with E-state index in [-0.39, 0.29) is 12.5 Å². The molecule has 1 fully saturated rings. The molecule has 1 aliphatic rings. The van der Waals surface area contributed by atoms with E-state index >= 15 is 0 Å². The maximum Gasteiger partial charge on any atom is 0.325 e. The topological polar surface area (TPSA) is 76.7 Å². The third-order valence-corrected chi connectivity index (χ3v) is 1.85. The molecular formula is C8H14N2O4.